The zero-order valence-corrected chi connectivity index (χ0v) is 18.1. The van der Waals surface area contributed by atoms with E-state index < -0.39 is 6.23 Å². The fourth-order valence-corrected chi connectivity index (χ4v) is 3.51. The van der Waals surface area contributed by atoms with E-state index in [1.165, 1.54) is 12.1 Å². The Labute approximate surface area is 192 Å². The summed E-state index contributed by atoms with van der Waals surface area (Å²) >= 11 is 0. The highest BCUT2D eigenvalue weighted by Gasteiger charge is 2.16. The van der Waals surface area contributed by atoms with E-state index in [1.807, 2.05) is 66.7 Å². The van der Waals surface area contributed by atoms with E-state index in [0.717, 1.165) is 16.8 Å². The molecular weight excluding hydrogens is 417 g/mol. The number of ether oxygens (including phenoxy) is 1. The van der Waals surface area contributed by atoms with E-state index >= 15 is 0 Å². The first kappa shape index (κ1) is 22.6. The van der Waals surface area contributed by atoms with Crippen LogP contribution >= 0.6 is 0 Å². The quantitative estimate of drug-likeness (QED) is 0.323. The third kappa shape index (κ3) is 6.23. The molecule has 4 rings (SSSR count). The van der Waals surface area contributed by atoms with Gasteiger partial charge in [0.25, 0.3) is 0 Å². The van der Waals surface area contributed by atoms with Crippen LogP contribution in [0.4, 0.5) is 4.39 Å². The molecule has 0 bridgehead atoms. The van der Waals surface area contributed by atoms with Crippen molar-refractivity contribution in [2.45, 2.75) is 18.7 Å². The molecule has 2 unspecified atom stereocenters. The molecule has 6 heteroatoms. The van der Waals surface area contributed by atoms with Gasteiger partial charge in [-0.3, -0.25) is 5.32 Å². The first-order valence-electron chi connectivity index (χ1n) is 10.8. The molecule has 4 aromatic rings. The van der Waals surface area contributed by atoms with Gasteiger partial charge < -0.3 is 15.6 Å². The largest absolute Gasteiger partial charge is 0.457 e. The number of nitrogens with two attached hydrogens (primary N) is 1. The van der Waals surface area contributed by atoms with E-state index in [9.17, 15) is 9.50 Å². The third-order valence-corrected chi connectivity index (χ3v) is 5.25. The Balaban J connectivity index is 1.42. The predicted octanol–water partition coefficient (Wildman–Crippen LogP) is 4.83. The summed E-state index contributed by atoms with van der Waals surface area (Å²) in [6.45, 7) is 0.390. The fourth-order valence-electron chi connectivity index (χ4n) is 3.51. The van der Waals surface area contributed by atoms with Gasteiger partial charge in [0.2, 0.25) is 0 Å². The summed E-state index contributed by atoms with van der Waals surface area (Å²) in [5, 5.41) is 13.9. The van der Waals surface area contributed by atoms with Crippen LogP contribution in [0, 0.1) is 5.82 Å². The molecule has 0 radical (unpaired) electrons. The lowest BCUT2D eigenvalue weighted by Gasteiger charge is -2.21. The second kappa shape index (κ2) is 10.8. The molecule has 3 aromatic carbocycles. The van der Waals surface area contributed by atoms with Gasteiger partial charge in [0, 0.05) is 18.2 Å². The topological polar surface area (TPSA) is 80.4 Å². The van der Waals surface area contributed by atoms with Crippen molar-refractivity contribution >= 4 is 0 Å². The van der Waals surface area contributed by atoms with Crippen molar-refractivity contribution < 1.29 is 14.2 Å². The van der Waals surface area contributed by atoms with Gasteiger partial charge >= 0.3 is 0 Å². The number of rotatable bonds is 9. The first-order chi connectivity index (χ1) is 16.1. The number of nitrogens with one attached hydrogen (secondary N) is 1. The summed E-state index contributed by atoms with van der Waals surface area (Å²) in [6.07, 6.45) is -0.229. The lowest BCUT2D eigenvalue weighted by molar-refractivity contribution is 0.120. The maximum Gasteiger partial charge on any atom is 0.148 e. The smallest absolute Gasteiger partial charge is 0.148 e. The van der Waals surface area contributed by atoms with Crippen molar-refractivity contribution in [2.24, 2.45) is 5.73 Å². The molecule has 5 nitrogen and oxygen atoms in total. The minimum absolute atomic E-state index is 0.0873. The normalized spacial score (nSPS) is 12.8. The van der Waals surface area contributed by atoms with Crippen LogP contribution in [0.2, 0.25) is 0 Å². The molecule has 0 fully saturated rings. The van der Waals surface area contributed by atoms with Gasteiger partial charge in [-0.25, -0.2) is 9.37 Å². The van der Waals surface area contributed by atoms with Crippen LogP contribution < -0.4 is 15.8 Å². The van der Waals surface area contributed by atoms with Crippen molar-refractivity contribution in [3.8, 4) is 22.8 Å². The third-order valence-electron chi connectivity index (χ3n) is 5.25. The van der Waals surface area contributed by atoms with Gasteiger partial charge in [-0.05, 0) is 72.6 Å². The maximum atomic E-state index is 13.1. The molecule has 33 heavy (non-hydrogen) atoms. The van der Waals surface area contributed by atoms with Gasteiger partial charge in [0.15, 0.2) is 0 Å². The maximum absolute atomic E-state index is 13.1. The van der Waals surface area contributed by atoms with Crippen molar-refractivity contribution in [3.63, 3.8) is 0 Å². The standard InChI is InChI=1S/C27H26FN3O2/c28-21-11-15-24(16-12-21)33-23-13-9-20(10-14-23)25-7-4-8-26(31-25)27(32)30-22(18-29)17-19-5-2-1-3-6-19/h1-16,22,27,30,32H,17-18,29H2. The van der Waals surface area contributed by atoms with Crippen molar-refractivity contribution in [3.05, 3.63) is 114 Å². The van der Waals surface area contributed by atoms with Crippen molar-refractivity contribution in [2.75, 3.05) is 6.54 Å². The molecule has 0 aliphatic rings. The van der Waals surface area contributed by atoms with E-state index in [4.69, 9.17) is 10.5 Å². The van der Waals surface area contributed by atoms with Crippen LogP contribution in [0.5, 0.6) is 11.5 Å². The Morgan fingerprint density at radius 1 is 0.848 bits per heavy atom. The molecule has 2 atom stereocenters. The number of hydrogen-bond acceptors (Lipinski definition) is 5. The highest BCUT2D eigenvalue weighted by atomic mass is 19.1. The number of nitrogens with zero attached hydrogens (tertiary/aromatic N) is 1. The Bertz CT molecular complexity index is 1150. The summed E-state index contributed by atoms with van der Waals surface area (Å²) in [5.41, 5.74) is 9.20. The highest BCUT2D eigenvalue weighted by Crippen LogP contribution is 2.26. The number of halogens is 1. The summed E-state index contributed by atoms with van der Waals surface area (Å²) < 4.78 is 18.8. The van der Waals surface area contributed by atoms with Gasteiger partial charge in [-0.1, -0.05) is 36.4 Å². The van der Waals surface area contributed by atoms with Crippen LogP contribution in [0.15, 0.2) is 97.1 Å². The zero-order valence-electron chi connectivity index (χ0n) is 18.1. The molecule has 168 valence electrons. The zero-order chi connectivity index (χ0) is 23.0. The molecule has 0 aliphatic carbocycles. The molecule has 0 aliphatic heterocycles. The molecule has 4 N–H and O–H groups in total. The minimum atomic E-state index is -0.941. The molecular formula is C27H26FN3O2. The molecule has 1 heterocycles. The second-order valence-electron chi connectivity index (χ2n) is 7.72. The minimum Gasteiger partial charge on any atom is -0.457 e. The lowest BCUT2D eigenvalue weighted by Crippen LogP contribution is -2.40. The monoisotopic (exact) mass is 443 g/mol. The van der Waals surface area contributed by atoms with Crippen LogP contribution in [0.3, 0.4) is 0 Å². The summed E-state index contributed by atoms with van der Waals surface area (Å²) in [4.78, 5) is 4.62. The Morgan fingerprint density at radius 2 is 1.52 bits per heavy atom. The van der Waals surface area contributed by atoms with E-state index in [1.54, 1.807) is 18.2 Å². The van der Waals surface area contributed by atoms with Crippen LogP contribution in [0.25, 0.3) is 11.3 Å². The predicted molar refractivity (Wildman–Crippen MR) is 127 cm³/mol. The number of pyridine rings is 1. The summed E-state index contributed by atoms with van der Waals surface area (Å²) in [5.74, 6) is 0.886. The highest BCUT2D eigenvalue weighted by molar-refractivity contribution is 5.60. The van der Waals surface area contributed by atoms with E-state index in [-0.39, 0.29) is 11.9 Å². The van der Waals surface area contributed by atoms with Crippen LogP contribution in [0.1, 0.15) is 17.5 Å². The van der Waals surface area contributed by atoms with Gasteiger partial charge in [-0.15, -0.1) is 0 Å². The Morgan fingerprint density at radius 3 is 2.18 bits per heavy atom. The summed E-state index contributed by atoms with van der Waals surface area (Å²) in [6, 6.07) is 28.8. The van der Waals surface area contributed by atoms with Gasteiger partial charge in [-0.2, -0.15) is 0 Å². The molecule has 0 saturated heterocycles. The Kier molecular flexibility index (Phi) is 7.42. The Hall–Kier alpha value is -3.58. The SMILES string of the molecule is NCC(Cc1ccccc1)NC(O)c1cccc(-c2ccc(Oc3ccc(F)cc3)cc2)n1. The number of aliphatic hydroxyl groups is 1. The molecule has 0 saturated carbocycles. The van der Waals surface area contributed by atoms with Gasteiger partial charge in [0.1, 0.15) is 23.5 Å². The number of hydrogen-bond donors (Lipinski definition) is 3. The van der Waals surface area contributed by atoms with E-state index in [2.05, 4.69) is 10.3 Å². The van der Waals surface area contributed by atoms with Crippen molar-refractivity contribution in [1.29, 1.82) is 0 Å². The average molecular weight is 444 g/mol. The average Bonchev–Trinajstić information content (AvgIpc) is 2.86. The molecule has 1 aromatic heterocycles. The summed E-state index contributed by atoms with van der Waals surface area (Å²) in [7, 11) is 0. The fraction of sp³-hybridized carbons (Fsp3) is 0.148. The van der Waals surface area contributed by atoms with Crippen LogP contribution in [-0.4, -0.2) is 22.7 Å². The number of benzene rings is 3. The number of aromatic nitrogens is 1. The van der Waals surface area contributed by atoms with Gasteiger partial charge in [0.05, 0.1) is 11.4 Å². The second-order valence-corrected chi connectivity index (χ2v) is 7.72. The first-order valence-corrected chi connectivity index (χ1v) is 10.8. The van der Waals surface area contributed by atoms with E-state index in [0.29, 0.717) is 30.2 Å². The number of aliphatic hydroxyl groups excluding tert-OH is 1. The van der Waals surface area contributed by atoms with Crippen molar-refractivity contribution in [1.82, 2.24) is 10.3 Å². The molecule has 0 amide bonds. The molecule has 0 spiro atoms. The van der Waals surface area contributed by atoms with Crippen LogP contribution in [-0.2, 0) is 6.42 Å². The lowest BCUT2D eigenvalue weighted by atomic mass is 10.1.